The molecule has 2 saturated heterocycles. The highest BCUT2D eigenvalue weighted by molar-refractivity contribution is 8.00. The minimum atomic E-state index is -1.53. The first-order valence-corrected chi connectivity index (χ1v) is 17.3. The molecule has 2 aliphatic heterocycles. The molecule has 47 heavy (non-hydrogen) atoms. The highest BCUT2D eigenvalue weighted by atomic mass is 35.5. The molecule has 15 heteroatoms. The van der Waals surface area contributed by atoms with Crippen molar-refractivity contribution in [2.45, 2.75) is 94.8 Å². The SMILES string of the molecule is CSC(C)(C)[C@H]1NC(=O)[C@@H]2CCCN2C(=O)[C@@H](CC(=O)O)NC(=O)[C@H](Cc2c(Cl)[nH]c3ccccc23)NC(=O)[C@H](CC(C)C)NC1=O. The molecular formula is C32H43ClN6O7S. The van der Waals surface area contributed by atoms with E-state index in [9.17, 15) is 33.9 Å². The zero-order valence-electron chi connectivity index (χ0n) is 27.1. The van der Waals surface area contributed by atoms with Crippen LogP contribution in [0.25, 0.3) is 10.9 Å². The molecule has 0 unspecified atom stereocenters. The molecule has 0 saturated carbocycles. The molecule has 1 aromatic carbocycles. The molecule has 0 radical (unpaired) electrons. The number of amides is 5. The second-order valence-electron chi connectivity index (χ2n) is 13.0. The number of aliphatic carboxylic acids is 1. The van der Waals surface area contributed by atoms with Crippen LogP contribution in [0.5, 0.6) is 0 Å². The molecule has 2 aromatic rings. The van der Waals surface area contributed by atoms with Crippen LogP contribution in [-0.2, 0) is 35.2 Å². The number of thioether (sulfide) groups is 1. The molecule has 2 aliphatic rings. The highest BCUT2D eigenvalue weighted by Crippen LogP contribution is 2.29. The van der Waals surface area contributed by atoms with Crippen LogP contribution in [0, 0.1) is 5.92 Å². The standard InChI is InChI=1S/C32H43ClN6O7S/c1-16(2)13-20-27(42)35-21(14-18-17-9-6-7-10-19(17)34-26(18)33)28(43)37-22(15-24(40)41)31(46)39-12-8-11-23(39)29(44)38-25(30(45)36-20)32(3,4)47-5/h6-7,9-10,16,20-23,25,34H,8,11-15H2,1-5H3,(H,35,42)(H,36,45)(H,37,43)(H,38,44)(H,40,41)/t20-,21-,22+,23-,25-/m0/s1. The van der Waals surface area contributed by atoms with Crippen LogP contribution in [-0.4, -0.2) is 98.3 Å². The van der Waals surface area contributed by atoms with Gasteiger partial charge in [0.05, 0.1) is 6.42 Å². The van der Waals surface area contributed by atoms with E-state index < -0.39 is 76.9 Å². The average Bonchev–Trinajstić information content (AvgIpc) is 3.61. The third-order valence-corrected chi connectivity index (χ3v) is 10.4. The van der Waals surface area contributed by atoms with Crippen molar-refractivity contribution in [1.29, 1.82) is 0 Å². The first-order chi connectivity index (χ1) is 22.1. The number of hydrogen-bond acceptors (Lipinski definition) is 7. The van der Waals surface area contributed by atoms with Gasteiger partial charge in [-0.2, -0.15) is 11.8 Å². The summed E-state index contributed by atoms with van der Waals surface area (Å²) in [7, 11) is 0. The average molecular weight is 691 g/mol. The molecule has 0 bridgehead atoms. The van der Waals surface area contributed by atoms with Crippen molar-refractivity contribution >= 4 is 69.8 Å². The number of fused-ring (bicyclic) bond motifs is 2. The Bertz CT molecular complexity index is 1540. The number of rotatable bonds is 8. The summed E-state index contributed by atoms with van der Waals surface area (Å²) in [4.78, 5) is 85.6. The highest BCUT2D eigenvalue weighted by Gasteiger charge is 2.44. The maximum Gasteiger partial charge on any atom is 0.305 e. The van der Waals surface area contributed by atoms with Crippen LogP contribution in [0.15, 0.2) is 24.3 Å². The minimum absolute atomic E-state index is 0.0466. The second kappa shape index (κ2) is 15.0. The Kier molecular flexibility index (Phi) is 11.5. The number of hydrogen-bond donors (Lipinski definition) is 6. The minimum Gasteiger partial charge on any atom is -0.481 e. The van der Waals surface area contributed by atoms with Crippen LogP contribution in [0.3, 0.4) is 0 Å². The number of H-pyrrole nitrogens is 1. The molecule has 256 valence electrons. The van der Waals surface area contributed by atoms with Gasteiger partial charge >= 0.3 is 5.97 Å². The maximum absolute atomic E-state index is 14.0. The summed E-state index contributed by atoms with van der Waals surface area (Å²) in [5, 5.41) is 21.6. The zero-order valence-corrected chi connectivity index (χ0v) is 28.7. The first-order valence-electron chi connectivity index (χ1n) is 15.7. The topological polar surface area (TPSA) is 190 Å². The van der Waals surface area contributed by atoms with Crippen molar-refractivity contribution in [3.05, 3.63) is 35.0 Å². The number of para-hydroxylation sites is 1. The molecule has 3 heterocycles. The van der Waals surface area contributed by atoms with Gasteiger partial charge in [0.2, 0.25) is 29.5 Å². The van der Waals surface area contributed by atoms with Crippen molar-refractivity contribution < 1.29 is 33.9 Å². The van der Waals surface area contributed by atoms with Gasteiger partial charge in [-0.25, -0.2) is 0 Å². The van der Waals surface area contributed by atoms with Crippen LogP contribution in [0.1, 0.15) is 58.9 Å². The Morgan fingerprint density at radius 2 is 1.62 bits per heavy atom. The fourth-order valence-corrected chi connectivity index (χ4v) is 6.75. The van der Waals surface area contributed by atoms with E-state index in [1.54, 1.807) is 26.2 Å². The van der Waals surface area contributed by atoms with E-state index >= 15 is 0 Å². The molecule has 6 N–H and O–H groups in total. The second-order valence-corrected chi connectivity index (χ2v) is 14.9. The third-order valence-electron chi connectivity index (χ3n) is 8.74. The van der Waals surface area contributed by atoms with Gasteiger partial charge in [0.25, 0.3) is 0 Å². The third kappa shape index (κ3) is 8.39. The van der Waals surface area contributed by atoms with Crippen molar-refractivity contribution in [1.82, 2.24) is 31.2 Å². The predicted octanol–water partition coefficient (Wildman–Crippen LogP) is 1.97. The van der Waals surface area contributed by atoms with Crippen LogP contribution < -0.4 is 21.3 Å². The van der Waals surface area contributed by atoms with Crippen LogP contribution in [0.4, 0.5) is 0 Å². The van der Waals surface area contributed by atoms with Crippen molar-refractivity contribution in [3.63, 3.8) is 0 Å². The van der Waals surface area contributed by atoms with E-state index in [1.807, 2.05) is 32.0 Å². The van der Waals surface area contributed by atoms with Crippen molar-refractivity contribution in [2.75, 3.05) is 12.8 Å². The lowest BCUT2D eigenvalue weighted by molar-refractivity contribution is -0.146. The quantitative estimate of drug-likeness (QED) is 0.242. The number of carbonyl (C=O) groups excluding carboxylic acids is 5. The molecule has 1 aromatic heterocycles. The molecule has 0 spiro atoms. The number of nitrogens with one attached hydrogen (secondary N) is 5. The van der Waals surface area contributed by atoms with Gasteiger partial charge in [-0.05, 0) is 56.9 Å². The lowest BCUT2D eigenvalue weighted by atomic mass is 9.98. The number of aromatic amines is 1. The molecule has 5 atom stereocenters. The number of aromatic nitrogens is 1. The van der Waals surface area contributed by atoms with E-state index in [0.29, 0.717) is 22.9 Å². The van der Waals surface area contributed by atoms with E-state index in [4.69, 9.17) is 11.6 Å². The van der Waals surface area contributed by atoms with Crippen LogP contribution >= 0.6 is 23.4 Å². The van der Waals surface area contributed by atoms with Gasteiger partial charge < -0.3 is 36.3 Å². The van der Waals surface area contributed by atoms with E-state index in [-0.39, 0.29) is 36.9 Å². The largest absolute Gasteiger partial charge is 0.481 e. The smallest absolute Gasteiger partial charge is 0.305 e. The Balaban J connectivity index is 1.81. The Morgan fingerprint density at radius 1 is 0.979 bits per heavy atom. The van der Waals surface area contributed by atoms with Crippen molar-refractivity contribution in [3.8, 4) is 0 Å². The maximum atomic E-state index is 14.0. The number of carboxylic acids is 1. The van der Waals surface area contributed by atoms with Crippen molar-refractivity contribution in [2.24, 2.45) is 5.92 Å². The summed E-state index contributed by atoms with van der Waals surface area (Å²) < 4.78 is -0.821. The Hall–Kier alpha value is -3.78. The van der Waals surface area contributed by atoms with Gasteiger partial charge in [-0.15, -0.1) is 0 Å². The van der Waals surface area contributed by atoms with E-state index in [2.05, 4.69) is 26.3 Å². The Labute approximate surface area is 282 Å². The molecule has 5 amide bonds. The van der Waals surface area contributed by atoms with Gasteiger partial charge in [0, 0.05) is 28.6 Å². The first kappa shape index (κ1) is 36.1. The molecule has 4 rings (SSSR count). The normalized spacial score (nSPS) is 25.0. The zero-order chi connectivity index (χ0) is 34.6. The van der Waals surface area contributed by atoms with Gasteiger partial charge in [-0.3, -0.25) is 28.8 Å². The summed E-state index contributed by atoms with van der Waals surface area (Å²) >= 11 is 7.91. The fraction of sp³-hybridized carbons (Fsp3) is 0.562. The van der Waals surface area contributed by atoms with Crippen LogP contribution in [0.2, 0.25) is 5.15 Å². The van der Waals surface area contributed by atoms with E-state index in [0.717, 1.165) is 0 Å². The fourth-order valence-electron chi connectivity index (χ4n) is 6.07. The number of halogens is 1. The van der Waals surface area contributed by atoms with Gasteiger partial charge in [0.15, 0.2) is 0 Å². The summed E-state index contributed by atoms with van der Waals surface area (Å²) in [6.45, 7) is 7.50. The summed E-state index contributed by atoms with van der Waals surface area (Å²) in [6, 6.07) is 1.23. The van der Waals surface area contributed by atoms with Gasteiger partial charge in [0.1, 0.15) is 35.4 Å². The summed E-state index contributed by atoms with van der Waals surface area (Å²) in [6.07, 6.45) is 1.92. The molecule has 0 aliphatic carbocycles. The van der Waals surface area contributed by atoms with Gasteiger partial charge in [-0.1, -0.05) is 43.6 Å². The number of carbonyl (C=O) groups is 6. The lowest BCUT2D eigenvalue weighted by Gasteiger charge is -2.35. The number of carboxylic acid groups (broad SMARTS) is 1. The molecule has 13 nitrogen and oxygen atoms in total. The molecular weight excluding hydrogens is 648 g/mol. The number of benzene rings is 1. The summed E-state index contributed by atoms with van der Waals surface area (Å²) in [5.74, 6) is -4.77. The van der Waals surface area contributed by atoms with E-state index in [1.165, 1.54) is 16.7 Å². The predicted molar refractivity (Wildman–Crippen MR) is 179 cm³/mol. The lowest BCUT2D eigenvalue weighted by Crippen LogP contribution is -2.62. The number of nitrogens with zero attached hydrogens (tertiary/aromatic N) is 1. The Morgan fingerprint density at radius 3 is 2.28 bits per heavy atom. The monoisotopic (exact) mass is 690 g/mol. The summed E-state index contributed by atoms with van der Waals surface area (Å²) in [5.41, 5.74) is 1.24. The molecule has 2 fully saturated rings.